The third-order valence-electron chi connectivity index (χ3n) is 2.00. The Balaban J connectivity index is 3.41. The molecular formula is C10H20FN3O2. The number of carbonyl (C=O) groups is 2. The van der Waals surface area contributed by atoms with E-state index in [1.165, 1.54) is 0 Å². The first-order chi connectivity index (χ1) is 7.60. The number of hydrogen-bond donors (Lipinski definition) is 2. The van der Waals surface area contributed by atoms with Gasteiger partial charge in [-0.3, -0.25) is 9.59 Å². The number of amides is 2. The van der Waals surface area contributed by atoms with Crippen molar-refractivity contribution in [3.8, 4) is 0 Å². The van der Waals surface area contributed by atoms with Gasteiger partial charge in [-0.25, -0.2) is 0 Å². The van der Waals surface area contributed by atoms with Crippen LogP contribution in [0.2, 0.25) is 0 Å². The van der Waals surface area contributed by atoms with E-state index in [4.69, 9.17) is 0 Å². The molecule has 0 rings (SSSR count). The summed E-state index contributed by atoms with van der Waals surface area (Å²) >= 11 is 0. The van der Waals surface area contributed by atoms with Crippen molar-refractivity contribution in [1.29, 1.82) is 0 Å². The number of nitrogens with one attached hydrogen (secondary N) is 2. The molecule has 2 N–H and O–H groups in total. The predicted octanol–water partition coefficient (Wildman–Crippen LogP) is 0.225. The molecule has 0 saturated carbocycles. The van der Waals surface area contributed by atoms with E-state index in [0.717, 1.165) is 0 Å². The van der Waals surface area contributed by atoms with Gasteiger partial charge in [0.05, 0.1) is 0 Å². The molecule has 0 aromatic rings. The van der Waals surface area contributed by atoms with E-state index in [-0.39, 0.29) is 38.0 Å². The highest BCUT2D eigenvalue weighted by Crippen LogP contribution is 1.86. The van der Waals surface area contributed by atoms with Crippen LogP contribution in [0.5, 0.6) is 0 Å². The molecule has 0 fully saturated rings. The van der Waals surface area contributed by atoms with Gasteiger partial charge in [0, 0.05) is 39.0 Å². The van der Waals surface area contributed by atoms with Gasteiger partial charge in [-0.05, 0) is 0 Å². The lowest BCUT2D eigenvalue weighted by Crippen LogP contribution is -2.35. The Labute approximate surface area is 95.3 Å². The van der Waals surface area contributed by atoms with Crippen molar-refractivity contribution in [3.63, 3.8) is 0 Å². The Hall–Kier alpha value is -1.17. The Bertz CT molecular complexity index is 202. The zero-order chi connectivity index (χ0) is 12.4. The third kappa shape index (κ3) is 8.16. The van der Waals surface area contributed by atoms with Gasteiger partial charge in [0.15, 0.2) is 0 Å². The Morgan fingerprint density at radius 2 is 1.38 bits per heavy atom. The lowest BCUT2D eigenvalue weighted by molar-refractivity contribution is -0.121. The van der Waals surface area contributed by atoms with Gasteiger partial charge >= 0.3 is 0 Å². The van der Waals surface area contributed by atoms with Crippen LogP contribution in [0.25, 0.3) is 0 Å². The second-order valence-electron chi connectivity index (χ2n) is 3.32. The van der Waals surface area contributed by atoms with Crippen LogP contribution < -0.4 is 10.6 Å². The molecule has 0 aromatic heterocycles. The van der Waals surface area contributed by atoms with Crippen LogP contribution in [0, 0.1) is 0 Å². The van der Waals surface area contributed by atoms with Crippen LogP contribution >= 0.6 is 0 Å². The minimum absolute atomic E-state index is 0.0901. The highest BCUT2D eigenvalue weighted by atomic mass is 19.2. The predicted molar refractivity (Wildman–Crippen MR) is 59.3 cm³/mol. The molecule has 0 radical (unpaired) electrons. The fourth-order valence-electron chi connectivity index (χ4n) is 0.995. The van der Waals surface area contributed by atoms with Crippen LogP contribution in [0.15, 0.2) is 0 Å². The molecule has 0 aromatic carbocycles. The van der Waals surface area contributed by atoms with Crippen molar-refractivity contribution in [2.24, 2.45) is 0 Å². The number of rotatable bonds is 8. The van der Waals surface area contributed by atoms with Crippen molar-refractivity contribution in [1.82, 2.24) is 15.8 Å². The number of carbonyl (C=O) groups excluding carboxylic acids is 2. The highest BCUT2D eigenvalue weighted by Gasteiger charge is 2.04. The smallest absolute Gasteiger partial charge is 0.219 e. The lowest BCUT2D eigenvalue weighted by atomic mass is 10.4. The van der Waals surface area contributed by atoms with Crippen molar-refractivity contribution < 1.29 is 14.1 Å². The van der Waals surface area contributed by atoms with Crippen LogP contribution in [0.1, 0.15) is 26.7 Å². The minimum atomic E-state index is -0.0901. The molecule has 0 unspecified atom stereocenters. The van der Waals surface area contributed by atoms with Crippen LogP contribution in [-0.2, 0) is 9.59 Å². The fourth-order valence-corrected chi connectivity index (χ4v) is 0.995. The molecule has 2 amide bonds. The average Bonchev–Trinajstić information content (AvgIpc) is 2.28. The zero-order valence-electron chi connectivity index (χ0n) is 9.88. The summed E-state index contributed by atoms with van der Waals surface area (Å²) in [6.07, 6.45) is 0.803. The quantitative estimate of drug-likeness (QED) is 0.590. The largest absolute Gasteiger partial charge is 0.355 e. The summed E-state index contributed by atoms with van der Waals surface area (Å²) in [6.45, 7) is 4.31. The highest BCUT2D eigenvalue weighted by molar-refractivity contribution is 5.75. The van der Waals surface area contributed by atoms with E-state index >= 15 is 0 Å². The standard InChI is InChI=1S/C10H20FN3O2/c1-3-9(15)12-5-7-14(11)8-6-13-10(16)4-2/h3-8H2,1-2H3,(H,12,15)(H,13,16). The van der Waals surface area contributed by atoms with Crippen LogP contribution in [0.4, 0.5) is 4.48 Å². The third-order valence-corrected chi connectivity index (χ3v) is 2.00. The first-order valence-corrected chi connectivity index (χ1v) is 5.54. The molecule has 5 nitrogen and oxygen atoms in total. The van der Waals surface area contributed by atoms with Crippen molar-refractivity contribution in [3.05, 3.63) is 0 Å². The van der Waals surface area contributed by atoms with Gasteiger partial charge in [0.25, 0.3) is 0 Å². The molecule has 0 spiro atoms. The molecule has 0 aliphatic heterocycles. The molecule has 94 valence electrons. The van der Waals surface area contributed by atoms with E-state index in [1.807, 2.05) is 0 Å². The molecule has 6 heteroatoms. The molecule has 0 heterocycles. The summed E-state index contributed by atoms with van der Waals surface area (Å²) in [6, 6.07) is 0. The summed E-state index contributed by atoms with van der Waals surface area (Å²) in [4.78, 5) is 21.7. The lowest BCUT2D eigenvalue weighted by Gasteiger charge is -2.12. The normalized spacial score (nSPS) is 10.2. The number of halogens is 1. The summed E-state index contributed by atoms with van der Waals surface area (Å²) in [5, 5.41) is 5.71. The van der Waals surface area contributed by atoms with Crippen molar-refractivity contribution in [2.45, 2.75) is 26.7 Å². The van der Waals surface area contributed by atoms with Gasteiger partial charge in [0.2, 0.25) is 11.8 Å². The molecule has 0 saturated heterocycles. The summed E-state index contributed by atoms with van der Waals surface area (Å²) < 4.78 is 13.0. The van der Waals surface area contributed by atoms with E-state index in [2.05, 4.69) is 10.6 Å². The SMILES string of the molecule is CCC(=O)NCCN(F)CCNC(=O)CC. The first kappa shape index (κ1) is 14.8. The second kappa shape index (κ2) is 9.08. The second-order valence-corrected chi connectivity index (χ2v) is 3.32. The molecule has 0 bridgehead atoms. The minimum Gasteiger partial charge on any atom is -0.355 e. The van der Waals surface area contributed by atoms with Crippen molar-refractivity contribution in [2.75, 3.05) is 26.2 Å². The fraction of sp³-hybridized carbons (Fsp3) is 0.800. The van der Waals surface area contributed by atoms with E-state index < -0.39 is 0 Å². The maximum Gasteiger partial charge on any atom is 0.219 e. The van der Waals surface area contributed by atoms with Gasteiger partial charge in [-0.1, -0.05) is 13.8 Å². The molecule has 0 aliphatic rings. The summed E-state index contributed by atoms with van der Waals surface area (Å²) in [5.74, 6) is -0.180. The summed E-state index contributed by atoms with van der Waals surface area (Å²) in [5.41, 5.74) is 0. The Morgan fingerprint density at radius 3 is 1.69 bits per heavy atom. The Morgan fingerprint density at radius 1 is 1.00 bits per heavy atom. The molecule has 0 aliphatic carbocycles. The maximum absolute atomic E-state index is 13.0. The molecule has 0 atom stereocenters. The van der Waals surface area contributed by atoms with Gasteiger partial charge < -0.3 is 10.6 Å². The summed E-state index contributed by atoms with van der Waals surface area (Å²) in [7, 11) is 0. The van der Waals surface area contributed by atoms with Crippen molar-refractivity contribution >= 4 is 11.8 Å². The van der Waals surface area contributed by atoms with E-state index in [0.29, 0.717) is 18.0 Å². The Kier molecular flexibility index (Phi) is 8.42. The van der Waals surface area contributed by atoms with Crippen LogP contribution in [-0.4, -0.2) is 43.1 Å². The van der Waals surface area contributed by atoms with E-state index in [9.17, 15) is 14.1 Å². The molecular weight excluding hydrogens is 213 g/mol. The van der Waals surface area contributed by atoms with Crippen LogP contribution in [0.3, 0.4) is 0 Å². The zero-order valence-corrected chi connectivity index (χ0v) is 9.88. The van der Waals surface area contributed by atoms with E-state index in [1.54, 1.807) is 13.8 Å². The number of hydrogen-bond acceptors (Lipinski definition) is 3. The maximum atomic E-state index is 13.0. The van der Waals surface area contributed by atoms with Gasteiger partial charge in [-0.15, -0.1) is 9.60 Å². The first-order valence-electron chi connectivity index (χ1n) is 5.54. The van der Waals surface area contributed by atoms with Gasteiger partial charge in [0.1, 0.15) is 0 Å². The molecule has 16 heavy (non-hydrogen) atoms. The monoisotopic (exact) mass is 233 g/mol. The average molecular weight is 233 g/mol. The topological polar surface area (TPSA) is 61.4 Å². The number of nitrogens with zero attached hydrogens (tertiary/aromatic N) is 1. The van der Waals surface area contributed by atoms with Gasteiger partial charge in [-0.2, -0.15) is 0 Å².